The number of carboxylic acid groups (broad SMARTS) is 1. The van der Waals surface area contributed by atoms with Crippen LogP contribution < -0.4 is 5.32 Å². The van der Waals surface area contributed by atoms with Crippen LogP contribution in [0.4, 0.5) is 0 Å². The van der Waals surface area contributed by atoms with Gasteiger partial charge in [0.25, 0.3) is 5.91 Å². The summed E-state index contributed by atoms with van der Waals surface area (Å²) in [7, 11) is 0. The van der Waals surface area contributed by atoms with E-state index < -0.39 is 5.97 Å². The first-order valence-corrected chi connectivity index (χ1v) is 7.23. The van der Waals surface area contributed by atoms with Gasteiger partial charge >= 0.3 is 5.97 Å². The van der Waals surface area contributed by atoms with E-state index in [2.05, 4.69) is 21.2 Å². The molecule has 6 heteroatoms. The lowest BCUT2D eigenvalue weighted by molar-refractivity contribution is 0.0696. The highest BCUT2D eigenvalue weighted by Crippen LogP contribution is 2.18. The van der Waals surface area contributed by atoms with E-state index in [4.69, 9.17) is 9.84 Å². The summed E-state index contributed by atoms with van der Waals surface area (Å²) in [6.07, 6.45) is 1.97. The number of carbonyl (C=O) groups is 2. The largest absolute Gasteiger partial charge is 0.478 e. The molecule has 1 aliphatic rings. The first-order valence-electron chi connectivity index (χ1n) is 6.43. The maximum atomic E-state index is 12.2. The van der Waals surface area contributed by atoms with E-state index in [-0.39, 0.29) is 23.6 Å². The van der Waals surface area contributed by atoms with Crippen molar-refractivity contribution < 1.29 is 19.4 Å². The lowest BCUT2D eigenvalue weighted by Gasteiger charge is -2.20. The Morgan fingerprint density at radius 2 is 2.10 bits per heavy atom. The number of rotatable bonds is 4. The molecule has 0 aliphatic carbocycles. The fraction of sp³-hybridized carbons (Fsp3) is 0.429. The van der Waals surface area contributed by atoms with Crippen LogP contribution in [0.15, 0.2) is 22.7 Å². The fourth-order valence-corrected chi connectivity index (χ4v) is 2.72. The second kappa shape index (κ2) is 6.37. The number of amides is 1. The second-order valence-electron chi connectivity index (χ2n) is 4.85. The topological polar surface area (TPSA) is 75.6 Å². The maximum Gasteiger partial charge on any atom is 0.335 e. The van der Waals surface area contributed by atoms with Crippen molar-refractivity contribution in [1.82, 2.24) is 5.32 Å². The SMILES string of the molecule is CC(NC(=O)c1cc(Br)cc(C(=O)O)c1)C1CCCO1. The first kappa shape index (κ1) is 15.0. The number of hydrogen-bond donors (Lipinski definition) is 2. The molecule has 1 fully saturated rings. The van der Waals surface area contributed by atoms with Crippen molar-refractivity contribution in [2.45, 2.75) is 31.9 Å². The number of carboxylic acids is 1. The van der Waals surface area contributed by atoms with Crippen molar-refractivity contribution in [3.8, 4) is 0 Å². The Morgan fingerprint density at radius 1 is 1.40 bits per heavy atom. The number of carbonyl (C=O) groups excluding carboxylic acids is 1. The summed E-state index contributed by atoms with van der Waals surface area (Å²) >= 11 is 3.21. The van der Waals surface area contributed by atoms with E-state index in [9.17, 15) is 9.59 Å². The quantitative estimate of drug-likeness (QED) is 0.881. The second-order valence-corrected chi connectivity index (χ2v) is 5.76. The molecular formula is C14H16BrNO4. The van der Waals surface area contributed by atoms with Gasteiger partial charge in [0.05, 0.1) is 17.7 Å². The summed E-state index contributed by atoms with van der Waals surface area (Å²) in [4.78, 5) is 23.1. The Labute approximate surface area is 125 Å². The monoisotopic (exact) mass is 341 g/mol. The average Bonchev–Trinajstić information content (AvgIpc) is 2.91. The normalized spacial score (nSPS) is 19.6. The lowest BCUT2D eigenvalue weighted by atomic mass is 10.1. The molecule has 0 saturated carbocycles. The Balaban J connectivity index is 2.10. The van der Waals surface area contributed by atoms with Crippen LogP contribution in [0.1, 0.15) is 40.5 Å². The molecule has 1 aliphatic heterocycles. The average molecular weight is 342 g/mol. The molecule has 2 unspecified atom stereocenters. The van der Waals surface area contributed by atoms with Crippen molar-refractivity contribution in [1.29, 1.82) is 0 Å². The van der Waals surface area contributed by atoms with Gasteiger partial charge in [-0.3, -0.25) is 4.79 Å². The molecule has 1 aromatic carbocycles. The Kier molecular flexibility index (Phi) is 4.77. The van der Waals surface area contributed by atoms with Gasteiger partial charge < -0.3 is 15.2 Å². The highest BCUT2D eigenvalue weighted by molar-refractivity contribution is 9.10. The number of ether oxygens (including phenoxy) is 1. The third-order valence-corrected chi connectivity index (χ3v) is 3.75. The Morgan fingerprint density at radius 3 is 2.70 bits per heavy atom. The van der Waals surface area contributed by atoms with E-state index in [0.717, 1.165) is 19.4 Å². The first-order chi connectivity index (χ1) is 9.47. The van der Waals surface area contributed by atoms with Crippen LogP contribution in [-0.4, -0.2) is 35.7 Å². The summed E-state index contributed by atoms with van der Waals surface area (Å²) < 4.78 is 6.08. The lowest BCUT2D eigenvalue weighted by Crippen LogP contribution is -2.40. The summed E-state index contributed by atoms with van der Waals surface area (Å²) in [6, 6.07) is 4.33. The molecule has 20 heavy (non-hydrogen) atoms. The smallest absolute Gasteiger partial charge is 0.335 e. The summed E-state index contributed by atoms with van der Waals surface area (Å²) in [6.45, 7) is 2.62. The van der Waals surface area contributed by atoms with Crippen LogP contribution in [0.2, 0.25) is 0 Å². The van der Waals surface area contributed by atoms with Crippen LogP contribution in [0, 0.1) is 0 Å². The van der Waals surface area contributed by atoms with Crippen molar-refractivity contribution in [2.24, 2.45) is 0 Å². The zero-order chi connectivity index (χ0) is 14.7. The van der Waals surface area contributed by atoms with Gasteiger partial charge in [-0.25, -0.2) is 4.79 Å². The van der Waals surface area contributed by atoms with Gasteiger partial charge in [0.1, 0.15) is 0 Å². The molecule has 1 aromatic rings. The van der Waals surface area contributed by atoms with Crippen molar-refractivity contribution in [3.63, 3.8) is 0 Å². The molecule has 0 aromatic heterocycles. The molecule has 0 radical (unpaired) electrons. The molecule has 0 bridgehead atoms. The zero-order valence-electron chi connectivity index (χ0n) is 11.1. The minimum absolute atomic E-state index is 0.0325. The molecule has 0 spiro atoms. The third-order valence-electron chi connectivity index (χ3n) is 3.29. The molecule has 2 rings (SSSR count). The molecule has 1 saturated heterocycles. The molecule has 5 nitrogen and oxygen atoms in total. The van der Waals surface area contributed by atoms with Crippen LogP contribution in [0.5, 0.6) is 0 Å². The number of nitrogens with one attached hydrogen (secondary N) is 1. The molecule has 1 heterocycles. The van der Waals surface area contributed by atoms with E-state index >= 15 is 0 Å². The van der Waals surface area contributed by atoms with Crippen LogP contribution in [0.25, 0.3) is 0 Å². The molecule has 2 atom stereocenters. The van der Waals surface area contributed by atoms with E-state index in [0.29, 0.717) is 10.0 Å². The van der Waals surface area contributed by atoms with Crippen LogP contribution >= 0.6 is 15.9 Å². The zero-order valence-corrected chi connectivity index (χ0v) is 12.6. The molecule has 2 N–H and O–H groups in total. The van der Waals surface area contributed by atoms with Gasteiger partial charge in [0, 0.05) is 16.6 Å². The summed E-state index contributed by atoms with van der Waals surface area (Å²) in [5, 5.41) is 11.9. The predicted octanol–water partition coefficient (Wildman–Crippen LogP) is 2.44. The van der Waals surface area contributed by atoms with Gasteiger partial charge in [-0.2, -0.15) is 0 Å². The van der Waals surface area contributed by atoms with Gasteiger partial charge in [-0.05, 0) is 38.0 Å². The van der Waals surface area contributed by atoms with Gasteiger partial charge in [0.2, 0.25) is 0 Å². The summed E-state index contributed by atoms with van der Waals surface area (Å²) in [5.74, 6) is -1.36. The molecular weight excluding hydrogens is 326 g/mol. The van der Waals surface area contributed by atoms with E-state index in [1.165, 1.54) is 12.1 Å². The predicted molar refractivity (Wildman–Crippen MR) is 77.0 cm³/mol. The van der Waals surface area contributed by atoms with Crippen LogP contribution in [-0.2, 0) is 4.74 Å². The van der Waals surface area contributed by atoms with E-state index in [1.807, 2.05) is 6.92 Å². The third kappa shape index (κ3) is 3.58. The molecule has 108 valence electrons. The Hall–Kier alpha value is -1.40. The van der Waals surface area contributed by atoms with Crippen LogP contribution in [0.3, 0.4) is 0 Å². The number of hydrogen-bond acceptors (Lipinski definition) is 3. The minimum Gasteiger partial charge on any atom is -0.478 e. The van der Waals surface area contributed by atoms with Crippen molar-refractivity contribution >= 4 is 27.8 Å². The fourth-order valence-electron chi connectivity index (χ4n) is 2.22. The highest BCUT2D eigenvalue weighted by Gasteiger charge is 2.24. The number of aromatic carboxylic acids is 1. The summed E-state index contributed by atoms with van der Waals surface area (Å²) in [5.41, 5.74) is 0.399. The van der Waals surface area contributed by atoms with Gasteiger partial charge in [-0.1, -0.05) is 15.9 Å². The number of benzene rings is 1. The van der Waals surface area contributed by atoms with Crippen molar-refractivity contribution in [3.05, 3.63) is 33.8 Å². The molecule has 1 amide bonds. The van der Waals surface area contributed by atoms with E-state index in [1.54, 1.807) is 6.07 Å². The van der Waals surface area contributed by atoms with Crippen molar-refractivity contribution in [2.75, 3.05) is 6.61 Å². The highest BCUT2D eigenvalue weighted by atomic mass is 79.9. The van der Waals surface area contributed by atoms with Gasteiger partial charge in [0.15, 0.2) is 0 Å². The maximum absolute atomic E-state index is 12.2. The van der Waals surface area contributed by atoms with Gasteiger partial charge in [-0.15, -0.1) is 0 Å². The minimum atomic E-state index is -1.06. The standard InChI is InChI=1S/C14H16BrNO4/c1-8(12-3-2-4-20-12)16-13(17)9-5-10(14(18)19)7-11(15)6-9/h5-8,12H,2-4H2,1H3,(H,16,17)(H,18,19). The number of halogens is 1. The Bertz CT molecular complexity index is 526.